The molecular weight excluding hydrogens is 418 g/mol. The number of ether oxygens (including phenoxy) is 1. The fraction of sp³-hybridized carbons (Fsp3) is 0.273. The highest BCUT2D eigenvalue weighted by Crippen LogP contribution is 2.40. The molecule has 1 atom stereocenters. The van der Waals surface area contributed by atoms with E-state index in [4.69, 9.17) is 4.74 Å². The van der Waals surface area contributed by atoms with Gasteiger partial charge in [-0.1, -0.05) is 25.1 Å². The number of carbonyl (C=O) groups is 2. The Bertz CT molecular complexity index is 1110. The zero-order valence-corrected chi connectivity index (χ0v) is 18.1. The quantitative estimate of drug-likeness (QED) is 0.470. The third kappa shape index (κ3) is 3.51. The minimum Gasteiger partial charge on any atom is -0.422 e. The van der Waals surface area contributed by atoms with Gasteiger partial charge in [0.05, 0.1) is 5.56 Å². The van der Waals surface area contributed by atoms with Crippen LogP contribution in [0.5, 0.6) is 5.75 Å². The van der Waals surface area contributed by atoms with E-state index < -0.39 is 0 Å². The lowest BCUT2D eigenvalue weighted by Gasteiger charge is -2.28. The third-order valence-electron chi connectivity index (χ3n) is 5.49. The van der Waals surface area contributed by atoms with Gasteiger partial charge in [-0.25, -0.2) is 4.79 Å². The Labute approximate surface area is 182 Å². The average Bonchev–Trinajstić information content (AvgIpc) is 3.41. The first-order valence-electron chi connectivity index (χ1n) is 9.92. The molecule has 4 heterocycles. The van der Waals surface area contributed by atoms with Crippen LogP contribution in [0.3, 0.4) is 0 Å². The predicted octanol–water partition coefficient (Wildman–Crippen LogP) is 4.26. The van der Waals surface area contributed by atoms with Crippen molar-refractivity contribution >= 4 is 39.6 Å². The van der Waals surface area contributed by atoms with Gasteiger partial charge in [0.1, 0.15) is 21.8 Å². The molecule has 3 aromatic rings. The molecule has 1 amide bonds. The van der Waals surface area contributed by atoms with E-state index in [1.807, 2.05) is 23.6 Å². The number of hydrogen-bond donors (Lipinski definition) is 2. The molecule has 5 rings (SSSR count). The summed E-state index contributed by atoms with van der Waals surface area (Å²) in [7, 11) is 0. The van der Waals surface area contributed by atoms with Gasteiger partial charge >= 0.3 is 5.97 Å². The summed E-state index contributed by atoms with van der Waals surface area (Å²) in [6.45, 7) is 5.07. The molecule has 2 aliphatic heterocycles. The SMILES string of the molecule is CCN1CCc2c(sc3c2C(=O)N[C@@H](c2cccc(OC(=O)c4cccs4)c2)N3)C1. The van der Waals surface area contributed by atoms with Crippen LogP contribution < -0.4 is 15.4 Å². The molecule has 0 fully saturated rings. The smallest absolute Gasteiger partial charge is 0.353 e. The number of thiophene rings is 2. The molecule has 0 saturated heterocycles. The van der Waals surface area contributed by atoms with Crippen molar-refractivity contribution in [3.8, 4) is 5.75 Å². The van der Waals surface area contributed by atoms with Gasteiger partial charge in [0, 0.05) is 18.0 Å². The molecule has 0 radical (unpaired) electrons. The zero-order valence-electron chi connectivity index (χ0n) is 16.4. The summed E-state index contributed by atoms with van der Waals surface area (Å²) in [6.07, 6.45) is 0.538. The second-order valence-corrected chi connectivity index (χ2v) is 9.37. The topological polar surface area (TPSA) is 70.7 Å². The summed E-state index contributed by atoms with van der Waals surface area (Å²) in [5.74, 6) is 0.0328. The highest BCUT2D eigenvalue weighted by molar-refractivity contribution is 7.16. The minimum absolute atomic E-state index is 0.0443. The Kier molecular flexibility index (Phi) is 5.06. The number of amides is 1. The number of benzene rings is 1. The van der Waals surface area contributed by atoms with Crippen LogP contribution >= 0.6 is 22.7 Å². The third-order valence-corrected chi connectivity index (χ3v) is 7.48. The van der Waals surface area contributed by atoms with Crippen LogP contribution in [0.25, 0.3) is 0 Å². The number of anilines is 1. The molecule has 2 aliphatic rings. The molecule has 6 nitrogen and oxygen atoms in total. The van der Waals surface area contributed by atoms with E-state index >= 15 is 0 Å². The van der Waals surface area contributed by atoms with E-state index in [0.717, 1.165) is 42.2 Å². The summed E-state index contributed by atoms with van der Waals surface area (Å²) in [5.41, 5.74) is 2.82. The van der Waals surface area contributed by atoms with Crippen LogP contribution in [0.1, 0.15) is 49.1 Å². The van der Waals surface area contributed by atoms with Gasteiger partial charge in [-0.05, 0) is 47.7 Å². The molecule has 0 unspecified atom stereocenters. The average molecular weight is 440 g/mol. The van der Waals surface area contributed by atoms with E-state index in [1.165, 1.54) is 21.8 Å². The van der Waals surface area contributed by atoms with Crippen LogP contribution in [0, 0.1) is 0 Å². The number of esters is 1. The maximum absolute atomic E-state index is 12.9. The fourth-order valence-electron chi connectivity index (χ4n) is 3.91. The summed E-state index contributed by atoms with van der Waals surface area (Å²) in [4.78, 5) is 29.4. The van der Waals surface area contributed by atoms with Crippen LogP contribution in [0.2, 0.25) is 0 Å². The molecule has 2 aromatic heterocycles. The van der Waals surface area contributed by atoms with E-state index in [0.29, 0.717) is 10.6 Å². The molecule has 30 heavy (non-hydrogen) atoms. The van der Waals surface area contributed by atoms with Crippen molar-refractivity contribution < 1.29 is 14.3 Å². The lowest BCUT2D eigenvalue weighted by Crippen LogP contribution is -2.38. The number of rotatable bonds is 4. The van der Waals surface area contributed by atoms with E-state index in [-0.39, 0.29) is 18.0 Å². The van der Waals surface area contributed by atoms with Gasteiger partial charge in [-0.15, -0.1) is 22.7 Å². The monoisotopic (exact) mass is 439 g/mol. The number of nitrogens with one attached hydrogen (secondary N) is 2. The van der Waals surface area contributed by atoms with Crippen molar-refractivity contribution in [3.63, 3.8) is 0 Å². The Morgan fingerprint density at radius 2 is 2.17 bits per heavy atom. The molecular formula is C22H21N3O3S2. The van der Waals surface area contributed by atoms with Crippen LogP contribution in [-0.4, -0.2) is 29.9 Å². The summed E-state index contributed by atoms with van der Waals surface area (Å²) < 4.78 is 5.51. The summed E-state index contributed by atoms with van der Waals surface area (Å²) >= 11 is 3.02. The molecule has 154 valence electrons. The molecule has 0 saturated carbocycles. The normalized spacial score (nSPS) is 18.2. The molecule has 0 aliphatic carbocycles. The molecule has 2 N–H and O–H groups in total. The molecule has 0 bridgehead atoms. The molecule has 0 spiro atoms. The Balaban J connectivity index is 1.37. The zero-order chi connectivity index (χ0) is 20.7. The van der Waals surface area contributed by atoms with Crippen LogP contribution in [0.4, 0.5) is 5.00 Å². The number of likely N-dealkylation sites (N-methyl/N-ethyl adjacent to an activating group) is 1. The number of carbonyl (C=O) groups excluding carboxylic acids is 2. The van der Waals surface area contributed by atoms with Gasteiger partial charge in [-0.2, -0.15) is 0 Å². The van der Waals surface area contributed by atoms with E-state index in [9.17, 15) is 9.59 Å². The second kappa shape index (κ2) is 7.86. The standard InChI is InChI=1S/C22H21N3O3S2/c1-2-25-9-8-15-17(12-25)30-21-18(15)20(26)23-19(24-21)13-5-3-6-14(11-13)28-22(27)16-7-4-10-29-16/h3-7,10-11,19,24H,2,8-9,12H2,1H3,(H,23,26)/t19-/m1/s1. The predicted molar refractivity (Wildman–Crippen MR) is 119 cm³/mol. The van der Waals surface area contributed by atoms with Crippen molar-refractivity contribution in [1.29, 1.82) is 0 Å². The largest absolute Gasteiger partial charge is 0.422 e. The Morgan fingerprint density at radius 1 is 1.27 bits per heavy atom. The first-order valence-corrected chi connectivity index (χ1v) is 11.6. The maximum Gasteiger partial charge on any atom is 0.353 e. The Hall–Kier alpha value is -2.68. The lowest BCUT2D eigenvalue weighted by molar-refractivity contribution is 0.0739. The van der Waals surface area contributed by atoms with Crippen LogP contribution in [-0.2, 0) is 13.0 Å². The first-order chi connectivity index (χ1) is 14.6. The number of hydrogen-bond acceptors (Lipinski definition) is 7. The minimum atomic E-state index is -0.378. The molecule has 8 heteroatoms. The fourth-order valence-corrected chi connectivity index (χ4v) is 5.83. The highest BCUT2D eigenvalue weighted by atomic mass is 32.1. The van der Waals surface area contributed by atoms with Crippen molar-refractivity contribution in [2.45, 2.75) is 26.1 Å². The van der Waals surface area contributed by atoms with Crippen LogP contribution in [0.15, 0.2) is 41.8 Å². The number of fused-ring (bicyclic) bond motifs is 3. The Morgan fingerprint density at radius 3 is 2.97 bits per heavy atom. The number of nitrogens with zero attached hydrogens (tertiary/aromatic N) is 1. The second-order valence-electron chi connectivity index (χ2n) is 7.32. The van der Waals surface area contributed by atoms with Crippen molar-refractivity contribution in [2.24, 2.45) is 0 Å². The van der Waals surface area contributed by atoms with Gasteiger partial charge < -0.3 is 15.4 Å². The molecule has 1 aromatic carbocycles. The summed E-state index contributed by atoms with van der Waals surface area (Å²) in [5, 5.41) is 9.30. The van der Waals surface area contributed by atoms with Crippen molar-refractivity contribution in [3.05, 3.63) is 68.2 Å². The van der Waals surface area contributed by atoms with Crippen molar-refractivity contribution in [1.82, 2.24) is 10.2 Å². The van der Waals surface area contributed by atoms with E-state index in [1.54, 1.807) is 29.5 Å². The van der Waals surface area contributed by atoms with E-state index in [2.05, 4.69) is 22.5 Å². The van der Waals surface area contributed by atoms with Gasteiger partial charge in [0.2, 0.25) is 0 Å². The maximum atomic E-state index is 12.9. The summed E-state index contributed by atoms with van der Waals surface area (Å²) in [6, 6.07) is 10.8. The van der Waals surface area contributed by atoms with Crippen molar-refractivity contribution in [2.75, 3.05) is 18.4 Å². The van der Waals surface area contributed by atoms with Gasteiger partial charge in [0.15, 0.2) is 0 Å². The van der Waals surface area contributed by atoms with Gasteiger partial charge in [0.25, 0.3) is 5.91 Å². The first kappa shape index (κ1) is 19.3. The van der Waals surface area contributed by atoms with Gasteiger partial charge in [-0.3, -0.25) is 9.69 Å². The highest BCUT2D eigenvalue weighted by Gasteiger charge is 2.33. The lowest BCUT2D eigenvalue weighted by atomic mass is 10.0.